The topological polar surface area (TPSA) is 41.1 Å². The van der Waals surface area contributed by atoms with E-state index >= 15 is 0 Å². The summed E-state index contributed by atoms with van der Waals surface area (Å²) in [6, 6.07) is 0.703. The van der Waals surface area contributed by atoms with E-state index in [0.717, 1.165) is 24.1 Å². The Hall–Kier alpha value is -1.32. The number of fused-ring (bicyclic) bond motifs is 1. The first-order valence-electron chi connectivity index (χ1n) is 7.15. The van der Waals surface area contributed by atoms with Gasteiger partial charge in [0.1, 0.15) is 11.6 Å². The van der Waals surface area contributed by atoms with E-state index in [1.165, 1.54) is 38.5 Å². The van der Waals surface area contributed by atoms with Crippen LogP contribution >= 0.6 is 0 Å². The highest BCUT2D eigenvalue weighted by Crippen LogP contribution is 2.37. The van der Waals surface area contributed by atoms with Crippen molar-refractivity contribution in [3.63, 3.8) is 0 Å². The second-order valence-electron chi connectivity index (χ2n) is 5.46. The molecule has 0 bridgehead atoms. The van der Waals surface area contributed by atoms with Crippen LogP contribution in [0.25, 0.3) is 0 Å². The van der Waals surface area contributed by atoms with Crippen LogP contribution in [0.5, 0.6) is 0 Å². The van der Waals surface area contributed by atoms with Crippen molar-refractivity contribution in [3.8, 4) is 0 Å². The predicted octanol–water partition coefficient (Wildman–Crippen LogP) is 2.68. The lowest BCUT2D eigenvalue weighted by Gasteiger charge is -2.44. The van der Waals surface area contributed by atoms with E-state index in [9.17, 15) is 0 Å². The monoisotopic (exact) mass is 246 g/mol. The van der Waals surface area contributed by atoms with Crippen LogP contribution in [-0.4, -0.2) is 29.6 Å². The summed E-state index contributed by atoms with van der Waals surface area (Å²) < 4.78 is 0. The number of hydrogen-bond acceptors (Lipinski definition) is 4. The molecule has 4 nitrogen and oxygen atoms in total. The number of aromatic nitrogens is 2. The van der Waals surface area contributed by atoms with Gasteiger partial charge in [-0.2, -0.15) is 0 Å². The Morgan fingerprint density at radius 1 is 1.17 bits per heavy atom. The number of anilines is 2. The standard InChI is InChI=1S/C14H22N4/c1-15-13-9-16-10-14(17-13)18-8-4-6-11-5-2-3-7-12(11)18/h9-12H,2-8H2,1H3,(H,15,17). The van der Waals surface area contributed by atoms with Crippen molar-refractivity contribution in [3.05, 3.63) is 12.4 Å². The molecule has 1 saturated carbocycles. The first-order valence-corrected chi connectivity index (χ1v) is 7.15. The van der Waals surface area contributed by atoms with Crippen LogP contribution in [0.4, 0.5) is 11.6 Å². The van der Waals surface area contributed by atoms with E-state index in [4.69, 9.17) is 0 Å². The fraction of sp³-hybridized carbons (Fsp3) is 0.714. The largest absolute Gasteiger partial charge is 0.372 e. The molecule has 3 rings (SSSR count). The van der Waals surface area contributed by atoms with Crippen LogP contribution in [0, 0.1) is 5.92 Å². The summed E-state index contributed by atoms with van der Waals surface area (Å²) in [6.07, 6.45) is 11.9. The lowest BCUT2D eigenvalue weighted by Crippen LogP contribution is -2.47. The summed E-state index contributed by atoms with van der Waals surface area (Å²) in [4.78, 5) is 11.5. The maximum Gasteiger partial charge on any atom is 0.149 e. The molecule has 2 heterocycles. The van der Waals surface area contributed by atoms with E-state index < -0.39 is 0 Å². The Morgan fingerprint density at radius 2 is 2.00 bits per heavy atom. The van der Waals surface area contributed by atoms with Gasteiger partial charge in [-0.3, -0.25) is 4.98 Å². The molecular formula is C14H22N4. The number of rotatable bonds is 2. The van der Waals surface area contributed by atoms with Gasteiger partial charge in [-0.05, 0) is 31.6 Å². The van der Waals surface area contributed by atoms with Crippen molar-refractivity contribution in [2.24, 2.45) is 5.92 Å². The first kappa shape index (κ1) is 11.8. The minimum absolute atomic E-state index is 0.703. The van der Waals surface area contributed by atoms with Gasteiger partial charge in [0.05, 0.1) is 12.4 Å². The van der Waals surface area contributed by atoms with Crippen molar-refractivity contribution >= 4 is 11.6 Å². The third-order valence-electron chi connectivity index (χ3n) is 4.42. The summed E-state index contributed by atoms with van der Waals surface area (Å²) in [6.45, 7) is 1.14. The van der Waals surface area contributed by atoms with Gasteiger partial charge in [-0.1, -0.05) is 12.8 Å². The second kappa shape index (κ2) is 5.12. The van der Waals surface area contributed by atoms with E-state index in [1.54, 1.807) is 6.20 Å². The van der Waals surface area contributed by atoms with Crippen LogP contribution in [0.2, 0.25) is 0 Å². The summed E-state index contributed by atoms with van der Waals surface area (Å²) >= 11 is 0. The molecule has 1 aromatic rings. The molecule has 1 aliphatic carbocycles. The number of piperidine rings is 1. The van der Waals surface area contributed by atoms with Gasteiger partial charge >= 0.3 is 0 Å². The molecule has 98 valence electrons. The first-order chi connectivity index (χ1) is 8.88. The van der Waals surface area contributed by atoms with Crippen molar-refractivity contribution < 1.29 is 0 Å². The zero-order valence-corrected chi connectivity index (χ0v) is 11.1. The van der Waals surface area contributed by atoms with Crippen LogP contribution in [-0.2, 0) is 0 Å². The smallest absolute Gasteiger partial charge is 0.149 e. The van der Waals surface area contributed by atoms with Crippen LogP contribution in [0.3, 0.4) is 0 Å². The average molecular weight is 246 g/mol. The molecule has 0 amide bonds. The summed E-state index contributed by atoms with van der Waals surface area (Å²) in [5, 5.41) is 3.08. The summed E-state index contributed by atoms with van der Waals surface area (Å²) in [5.41, 5.74) is 0. The van der Waals surface area contributed by atoms with E-state index in [0.29, 0.717) is 6.04 Å². The number of nitrogens with one attached hydrogen (secondary N) is 1. The van der Waals surface area contributed by atoms with Gasteiger partial charge in [-0.15, -0.1) is 0 Å². The van der Waals surface area contributed by atoms with Crippen LogP contribution in [0.15, 0.2) is 12.4 Å². The van der Waals surface area contributed by atoms with Gasteiger partial charge in [0.25, 0.3) is 0 Å². The van der Waals surface area contributed by atoms with Crippen molar-refractivity contribution in [1.82, 2.24) is 9.97 Å². The number of nitrogens with zero attached hydrogens (tertiary/aromatic N) is 3. The van der Waals surface area contributed by atoms with Crippen molar-refractivity contribution in [2.45, 2.75) is 44.6 Å². The average Bonchev–Trinajstić information content (AvgIpc) is 2.47. The molecule has 1 aliphatic heterocycles. The predicted molar refractivity (Wildman–Crippen MR) is 73.9 cm³/mol. The second-order valence-corrected chi connectivity index (χ2v) is 5.46. The highest BCUT2D eigenvalue weighted by Gasteiger charge is 2.33. The minimum atomic E-state index is 0.703. The van der Waals surface area contributed by atoms with Gasteiger partial charge in [0.15, 0.2) is 0 Å². The third kappa shape index (κ3) is 2.16. The zero-order chi connectivity index (χ0) is 12.4. The molecule has 18 heavy (non-hydrogen) atoms. The lowest BCUT2D eigenvalue weighted by molar-refractivity contribution is 0.242. The maximum atomic E-state index is 4.66. The summed E-state index contributed by atoms with van der Waals surface area (Å²) in [7, 11) is 1.90. The molecule has 1 N–H and O–H groups in total. The molecule has 1 aromatic heterocycles. The molecular weight excluding hydrogens is 224 g/mol. The van der Waals surface area contributed by atoms with Crippen molar-refractivity contribution in [2.75, 3.05) is 23.8 Å². The van der Waals surface area contributed by atoms with E-state index in [-0.39, 0.29) is 0 Å². The van der Waals surface area contributed by atoms with Gasteiger partial charge < -0.3 is 10.2 Å². The lowest BCUT2D eigenvalue weighted by atomic mass is 9.78. The van der Waals surface area contributed by atoms with Gasteiger partial charge in [0.2, 0.25) is 0 Å². The van der Waals surface area contributed by atoms with Crippen LogP contribution in [0.1, 0.15) is 38.5 Å². The zero-order valence-electron chi connectivity index (χ0n) is 11.1. The van der Waals surface area contributed by atoms with Gasteiger partial charge in [-0.25, -0.2) is 4.98 Å². The highest BCUT2D eigenvalue weighted by atomic mass is 15.2. The molecule has 2 aliphatic rings. The Bertz CT molecular complexity index is 405. The van der Waals surface area contributed by atoms with E-state index in [1.807, 2.05) is 13.2 Å². The Morgan fingerprint density at radius 3 is 2.89 bits per heavy atom. The normalized spacial score (nSPS) is 27.7. The molecule has 4 heteroatoms. The maximum absolute atomic E-state index is 4.66. The third-order valence-corrected chi connectivity index (χ3v) is 4.42. The fourth-order valence-electron chi connectivity index (χ4n) is 3.52. The molecule has 2 unspecified atom stereocenters. The molecule has 0 spiro atoms. The quantitative estimate of drug-likeness (QED) is 0.871. The Balaban J connectivity index is 1.84. The highest BCUT2D eigenvalue weighted by molar-refractivity contribution is 5.45. The molecule has 2 fully saturated rings. The SMILES string of the molecule is CNc1cncc(N2CCCC3CCCCC32)n1. The number of hydrogen-bond donors (Lipinski definition) is 1. The van der Waals surface area contributed by atoms with E-state index in [2.05, 4.69) is 20.2 Å². The molecule has 0 aromatic carbocycles. The van der Waals surface area contributed by atoms with Crippen LogP contribution < -0.4 is 10.2 Å². The molecule has 1 saturated heterocycles. The minimum Gasteiger partial charge on any atom is -0.372 e. The molecule has 0 radical (unpaired) electrons. The Labute approximate surface area is 109 Å². The van der Waals surface area contributed by atoms with Crippen molar-refractivity contribution in [1.29, 1.82) is 0 Å². The Kier molecular flexibility index (Phi) is 3.35. The summed E-state index contributed by atoms with van der Waals surface area (Å²) in [5.74, 6) is 2.80. The van der Waals surface area contributed by atoms with Gasteiger partial charge in [0, 0.05) is 19.6 Å². The fourth-order valence-corrected chi connectivity index (χ4v) is 3.52. The molecule has 2 atom stereocenters.